The van der Waals surface area contributed by atoms with E-state index in [0.717, 1.165) is 37.8 Å². The van der Waals surface area contributed by atoms with E-state index < -0.39 is 0 Å². The Hall–Kier alpha value is -1.72. The molecule has 29 heavy (non-hydrogen) atoms. The lowest BCUT2D eigenvalue weighted by molar-refractivity contribution is -0.152. The van der Waals surface area contributed by atoms with Crippen molar-refractivity contribution in [3.8, 4) is 0 Å². The Labute approximate surface area is 173 Å². The number of fused-ring (bicyclic) bond motifs is 5. The van der Waals surface area contributed by atoms with Crippen LogP contribution in [0, 0.1) is 34.5 Å². The van der Waals surface area contributed by atoms with Crippen LogP contribution in [0.2, 0.25) is 0 Å². The third-order valence-electron chi connectivity index (χ3n) is 8.77. The first-order valence-electron chi connectivity index (χ1n) is 11.2. The fourth-order valence-electron chi connectivity index (χ4n) is 7.11. The van der Waals surface area contributed by atoms with Crippen LogP contribution in [0.3, 0.4) is 0 Å². The predicted octanol–water partition coefficient (Wildman–Crippen LogP) is 3.29. The van der Waals surface area contributed by atoms with Gasteiger partial charge in [0, 0.05) is 31.1 Å². The molecule has 1 N–H and O–H groups in total. The van der Waals surface area contributed by atoms with Gasteiger partial charge in [0.25, 0.3) is 0 Å². The molecule has 0 bridgehead atoms. The minimum absolute atomic E-state index is 0.0160. The van der Waals surface area contributed by atoms with Crippen molar-refractivity contribution in [3.05, 3.63) is 0 Å². The quantitative estimate of drug-likeness (QED) is 0.578. The average Bonchev–Trinajstić information content (AvgIpc) is 2.97. The maximum absolute atomic E-state index is 13.2. The van der Waals surface area contributed by atoms with Gasteiger partial charge in [0.15, 0.2) is 0 Å². The highest BCUT2D eigenvalue weighted by Crippen LogP contribution is 2.64. The Morgan fingerprint density at radius 1 is 1.14 bits per heavy atom. The zero-order valence-electron chi connectivity index (χ0n) is 18.0. The zero-order chi connectivity index (χ0) is 20.8. The number of carbonyl (C=O) groups excluding carboxylic acids is 3. The summed E-state index contributed by atoms with van der Waals surface area (Å²) in [4.78, 5) is 42.1. The number of Topliss-reactive ketones (excluding diaryl/α,β-unsaturated/α-hetero) is 2. The van der Waals surface area contributed by atoms with Crippen molar-refractivity contribution < 1.29 is 19.2 Å². The summed E-state index contributed by atoms with van der Waals surface area (Å²) in [5, 5.41) is 6.97. The molecule has 0 aromatic carbocycles. The number of carbonyl (C=O) groups is 3. The molecular weight excluding hydrogens is 368 g/mol. The van der Waals surface area contributed by atoms with E-state index in [1.165, 1.54) is 6.92 Å². The van der Waals surface area contributed by atoms with Gasteiger partial charge >= 0.3 is 0 Å². The van der Waals surface area contributed by atoms with Crippen LogP contribution >= 0.6 is 0 Å². The fourth-order valence-corrected chi connectivity index (χ4v) is 7.11. The van der Waals surface area contributed by atoms with Crippen LogP contribution in [0.4, 0.5) is 0 Å². The van der Waals surface area contributed by atoms with E-state index in [0.29, 0.717) is 61.7 Å². The first-order valence-corrected chi connectivity index (χ1v) is 11.2. The Balaban J connectivity index is 1.45. The highest BCUT2D eigenvalue weighted by Gasteiger charge is 2.62. The number of amides is 1. The van der Waals surface area contributed by atoms with Gasteiger partial charge in [0.1, 0.15) is 18.2 Å². The van der Waals surface area contributed by atoms with Crippen LogP contribution in [0.15, 0.2) is 5.16 Å². The van der Waals surface area contributed by atoms with E-state index in [4.69, 9.17) is 4.84 Å². The molecule has 4 aliphatic rings. The summed E-state index contributed by atoms with van der Waals surface area (Å²) >= 11 is 0. The highest BCUT2D eigenvalue weighted by atomic mass is 16.6. The maximum Gasteiger partial charge on any atom is 0.216 e. The van der Waals surface area contributed by atoms with Crippen LogP contribution < -0.4 is 5.32 Å². The van der Waals surface area contributed by atoms with Crippen LogP contribution in [-0.2, 0) is 19.2 Å². The Morgan fingerprint density at radius 2 is 1.93 bits per heavy atom. The van der Waals surface area contributed by atoms with E-state index in [1.54, 1.807) is 0 Å². The van der Waals surface area contributed by atoms with Crippen molar-refractivity contribution in [2.24, 2.45) is 39.7 Å². The molecule has 0 radical (unpaired) electrons. The fraction of sp³-hybridized carbons (Fsp3) is 0.826. The van der Waals surface area contributed by atoms with Crippen LogP contribution in [0.1, 0.15) is 72.1 Å². The SMILES string of the molecule is CC(=O)NCCO/N=C1\CC[C@@]2(C)[C@@H](C1)C(=O)C[C@@H]1[C@@H]2CC[C@]2(C)C(=O)CC[C@@H]12. The zero-order valence-corrected chi connectivity index (χ0v) is 18.0. The normalized spacial score (nSPS) is 42.8. The van der Waals surface area contributed by atoms with Crippen molar-refractivity contribution in [2.75, 3.05) is 13.2 Å². The largest absolute Gasteiger partial charge is 0.394 e. The molecule has 6 nitrogen and oxygen atoms in total. The van der Waals surface area contributed by atoms with Crippen molar-refractivity contribution >= 4 is 23.2 Å². The van der Waals surface area contributed by atoms with Gasteiger partial charge in [-0.1, -0.05) is 19.0 Å². The second-order valence-electron chi connectivity index (χ2n) is 10.2. The number of oxime groups is 1. The number of nitrogens with one attached hydrogen (secondary N) is 1. The lowest BCUT2D eigenvalue weighted by Gasteiger charge is -2.58. The Bertz CT molecular complexity index is 747. The van der Waals surface area contributed by atoms with Gasteiger partial charge in [-0.05, 0) is 61.7 Å². The summed E-state index contributed by atoms with van der Waals surface area (Å²) in [6.07, 6.45) is 6.89. The number of hydrogen-bond donors (Lipinski definition) is 1. The van der Waals surface area contributed by atoms with E-state index in [-0.39, 0.29) is 22.7 Å². The molecule has 0 unspecified atom stereocenters. The number of nitrogens with zero attached hydrogens (tertiary/aromatic N) is 1. The lowest BCUT2D eigenvalue weighted by atomic mass is 9.45. The standard InChI is InChI=1S/C23H34N2O4/c1-14(26)24-10-11-29-25-15-6-8-22(2)18-7-9-23(3)17(4-5-21(23)28)16(18)13-20(27)19(22)12-15/h16-19H,4-13H2,1-3H3,(H,24,26)/b25-15+/t16-,17-,18-,19-,22+,23-/m0/s1. The molecule has 4 fully saturated rings. The molecule has 0 aromatic rings. The first-order chi connectivity index (χ1) is 13.8. The summed E-state index contributed by atoms with van der Waals surface area (Å²) in [7, 11) is 0. The molecule has 0 aliphatic heterocycles. The Kier molecular flexibility index (Phi) is 5.32. The van der Waals surface area contributed by atoms with E-state index >= 15 is 0 Å². The molecule has 160 valence electrons. The predicted molar refractivity (Wildman–Crippen MR) is 109 cm³/mol. The summed E-state index contributed by atoms with van der Waals surface area (Å²) in [5.74, 6) is 2.04. The molecular formula is C23H34N2O4. The van der Waals surface area contributed by atoms with E-state index in [9.17, 15) is 14.4 Å². The number of rotatable bonds is 4. The van der Waals surface area contributed by atoms with Gasteiger partial charge in [-0.25, -0.2) is 0 Å². The van der Waals surface area contributed by atoms with Crippen LogP contribution in [0.5, 0.6) is 0 Å². The van der Waals surface area contributed by atoms with Crippen molar-refractivity contribution in [1.29, 1.82) is 0 Å². The second kappa shape index (κ2) is 7.51. The summed E-state index contributed by atoms with van der Waals surface area (Å²) < 4.78 is 0. The van der Waals surface area contributed by atoms with Gasteiger partial charge in [-0.3, -0.25) is 14.4 Å². The van der Waals surface area contributed by atoms with E-state index in [1.807, 2.05) is 0 Å². The molecule has 6 heteroatoms. The minimum atomic E-state index is -0.187. The number of hydrogen-bond acceptors (Lipinski definition) is 5. The molecule has 4 aliphatic carbocycles. The third-order valence-corrected chi connectivity index (χ3v) is 8.77. The van der Waals surface area contributed by atoms with Gasteiger partial charge in [0.2, 0.25) is 5.91 Å². The molecule has 0 saturated heterocycles. The Morgan fingerprint density at radius 3 is 2.69 bits per heavy atom. The summed E-state index contributed by atoms with van der Waals surface area (Å²) in [6, 6.07) is 0. The maximum atomic E-state index is 13.2. The molecule has 1 amide bonds. The molecule has 0 spiro atoms. The molecule has 6 atom stereocenters. The van der Waals surface area contributed by atoms with Crippen molar-refractivity contribution in [1.82, 2.24) is 5.32 Å². The lowest BCUT2D eigenvalue weighted by Crippen LogP contribution is -2.56. The molecule has 4 rings (SSSR count). The van der Waals surface area contributed by atoms with Gasteiger partial charge in [-0.2, -0.15) is 0 Å². The van der Waals surface area contributed by atoms with Crippen LogP contribution in [0.25, 0.3) is 0 Å². The average molecular weight is 403 g/mol. The van der Waals surface area contributed by atoms with Gasteiger partial charge in [0.05, 0.1) is 12.3 Å². The van der Waals surface area contributed by atoms with Gasteiger partial charge in [-0.15, -0.1) is 0 Å². The molecule has 0 aromatic heterocycles. The first kappa shape index (κ1) is 20.5. The smallest absolute Gasteiger partial charge is 0.216 e. The van der Waals surface area contributed by atoms with Gasteiger partial charge < -0.3 is 10.2 Å². The third kappa shape index (κ3) is 3.42. The summed E-state index contributed by atoms with van der Waals surface area (Å²) in [6.45, 7) is 6.74. The van der Waals surface area contributed by atoms with Crippen LogP contribution in [-0.4, -0.2) is 36.3 Å². The van der Waals surface area contributed by atoms with Crippen molar-refractivity contribution in [2.45, 2.75) is 72.1 Å². The number of ketones is 2. The van der Waals surface area contributed by atoms with E-state index in [2.05, 4.69) is 24.3 Å². The molecule has 4 saturated carbocycles. The monoisotopic (exact) mass is 402 g/mol. The second-order valence-corrected chi connectivity index (χ2v) is 10.2. The minimum Gasteiger partial charge on any atom is -0.394 e. The summed E-state index contributed by atoms with van der Waals surface area (Å²) in [5.41, 5.74) is 0.800. The topological polar surface area (TPSA) is 84.8 Å². The molecule has 0 heterocycles. The highest BCUT2D eigenvalue weighted by molar-refractivity contribution is 5.93. The van der Waals surface area contributed by atoms with Crippen molar-refractivity contribution in [3.63, 3.8) is 0 Å².